The van der Waals surface area contributed by atoms with Crippen molar-refractivity contribution in [1.82, 2.24) is 8.87 Å². The molecule has 1 aliphatic heterocycles. The molecule has 0 saturated carbocycles. The molecule has 2 aromatic carbocycles. The molecular weight excluding hydrogens is 416 g/mol. The number of hydrogen-bond donors (Lipinski definition) is 0. The van der Waals surface area contributed by atoms with Crippen LogP contribution in [-0.2, 0) is 14.8 Å². The Labute approximate surface area is 182 Å². The first-order valence-electron chi connectivity index (χ1n) is 10.2. The minimum Gasteiger partial charge on any atom is -0.491 e. The van der Waals surface area contributed by atoms with Crippen LogP contribution in [0.1, 0.15) is 39.3 Å². The van der Waals surface area contributed by atoms with Gasteiger partial charge in [0.1, 0.15) is 18.0 Å². The molecule has 1 aromatic heterocycles. The summed E-state index contributed by atoms with van der Waals surface area (Å²) in [6.07, 6.45) is 1.12. The highest BCUT2D eigenvalue weighted by atomic mass is 32.2. The second-order valence-electron chi connectivity index (χ2n) is 8.54. The number of ether oxygens (including phenoxy) is 2. The fourth-order valence-electron chi connectivity index (χ4n) is 3.84. The van der Waals surface area contributed by atoms with E-state index in [0.717, 1.165) is 10.9 Å². The summed E-state index contributed by atoms with van der Waals surface area (Å²) in [7, 11) is -3.76. The molecule has 0 bridgehead atoms. The zero-order chi connectivity index (χ0) is 22.4. The van der Waals surface area contributed by atoms with Gasteiger partial charge in [0.2, 0.25) is 0 Å². The van der Waals surface area contributed by atoms with Gasteiger partial charge < -0.3 is 9.47 Å². The van der Waals surface area contributed by atoms with Crippen molar-refractivity contribution in [3.05, 3.63) is 60.3 Å². The largest absolute Gasteiger partial charge is 0.491 e. The van der Waals surface area contributed by atoms with Gasteiger partial charge in [-0.2, -0.15) is 0 Å². The monoisotopic (exact) mass is 442 g/mol. The number of benzene rings is 2. The molecular formula is C23H26N2O5S. The number of fused-ring (bicyclic) bond motifs is 3. The fraction of sp³-hybridized carbons (Fsp3) is 0.348. The SMILES string of the molecule is CC1c2c(ccc3c2ccn3S(=O)(=O)c2ccccc2)OCCN1C(=O)OC(C)(C)C. The maximum Gasteiger partial charge on any atom is 0.410 e. The molecule has 0 aliphatic carbocycles. The number of nitrogens with zero attached hydrogens (tertiary/aromatic N) is 2. The van der Waals surface area contributed by atoms with Crippen LogP contribution in [0.4, 0.5) is 4.79 Å². The van der Waals surface area contributed by atoms with Crippen LogP contribution in [0.15, 0.2) is 59.6 Å². The molecule has 0 saturated heterocycles. The van der Waals surface area contributed by atoms with Crippen molar-refractivity contribution in [1.29, 1.82) is 0 Å². The van der Waals surface area contributed by atoms with E-state index in [2.05, 4.69) is 0 Å². The van der Waals surface area contributed by atoms with Gasteiger partial charge in [0.25, 0.3) is 10.0 Å². The first-order chi connectivity index (χ1) is 14.6. The van der Waals surface area contributed by atoms with Crippen LogP contribution in [0, 0.1) is 0 Å². The van der Waals surface area contributed by atoms with Gasteiger partial charge in [-0.25, -0.2) is 17.2 Å². The van der Waals surface area contributed by atoms with Crippen molar-refractivity contribution in [3.8, 4) is 5.75 Å². The van der Waals surface area contributed by atoms with Crippen molar-refractivity contribution in [2.24, 2.45) is 0 Å². The Morgan fingerprint density at radius 2 is 1.81 bits per heavy atom. The van der Waals surface area contributed by atoms with Crippen molar-refractivity contribution < 1.29 is 22.7 Å². The molecule has 1 unspecified atom stereocenters. The van der Waals surface area contributed by atoms with Gasteiger partial charge in [-0.1, -0.05) is 18.2 Å². The Bertz CT molecular complexity index is 1230. The standard InChI is InChI=1S/C23H26N2O5S/c1-16-21-18-12-13-25(31(27,28)17-8-6-5-7-9-17)19(18)10-11-20(21)29-15-14-24(16)22(26)30-23(2,3)4/h5-13,16H,14-15H2,1-4H3. The zero-order valence-corrected chi connectivity index (χ0v) is 18.8. The summed E-state index contributed by atoms with van der Waals surface area (Å²) < 4.78 is 39.2. The number of carbonyl (C=O) groups excluding carboxylic acids is 1. The molecule has 31 heavy (non-hydrogen) atoms. The third kappa shape index (κ3) is 3.87. The lowest BCUT2D eigenvalue weighted by Crippen LogP contribution is -2.39. The van der Waals surface area contributed by atoms with Crippen LogP contribution < -0.4 is 4.74 Å². The average molecular weight is 443 g/mol. The molecule has 1 aliphatic rings. The van der Waals surface area contributed by atoms with E-state index < -0.39 is 21.7 Å². The fourth-order valence-corrected chi connectivity index (χ4v) is 5.21. The van der Waals surface area contributed by atoms with Gasteiger partial charge in [-0.3, -0.25) is 4.90 Å². The molecule has 1 amide bonds. The van der Waals surface area contributed by atoms with Crippen molar-refractivity contribution in [2.45, 2.75) is 44.2 Å². The molecule has 3 aromatic rings. The number of aromatic nitrogens is 1. The summed E-state index contributed by atoms with van der Waals surface area (Å²) >= 11 is 0. The Kier molecular flexibility index (Phi) is 5.21. The highest BCUT2D eigenvalue weighted by Gasteiger charge is 2.32. The minimum absolute atomic E-state index is 0.210. The van der Waals surface area contributed by atoms with E-state index in [1.165, 1.54) is 3.97 Å². The van der Waals surface area contributed by atoms with Crippen molar-refractivity contribution >= 4 is 27.0 Å². The molecule has 2 heterocycles. The Balaban J connectivity index is 1.81. The van der Waals surface area contributed by atoms with Crippen molar-refractivity contribution in [2.75, 3.05) is 13.2 Å². The Morgan fingerprint density at radius 3 is 2.48 bits per heavy atom. The van der Waals surface area contributed by atoms with Crippen molar-refractivity contribution in [3.63, 3.8) is 0 Å². The smallest absolute Gasteiger partial charge is 0.410 e. The number of amides is 1. The third-order valence-electron chi connectivity index (χ3n) is 5.24. The van der Waals surface area contributed by atoms with Crippen LogP contribution in [0.2, 0.25) is 0 Å². The summed E-state index contributed by atoms with van der Waals surface area (Å²) in [6, 6.07) is 13.2. The van der Waals surface area contributed by atoms with Gasteiger partial charge >= 0.3 is 6.09 Å². The highest BCUT2D eigenvalue weighted by molar-refractivity contribution is 7.90. The lowest BCUT2D eigenvalue weighted by atomic mass is 10.0. The number of carbonyl (C=O) groups is 1. The average Bonchev–Trinajstić information content (AvgIpc) is 3.07. The summed E-state index contributed by atoms with van der Waals surface area (Å²) in [4.78, 5) is 14.7. The lowest BCUT2D eigenvalue weighted by Gasteiger charge is -2.30. The van der Waals surface area contributed by atoms with Crippen LogP contribution >= 0.6 is 0 Å². The quantitative estimate of drug-likeness (QED) is 0.581. The topological polar surface area (TPSA) is 77.8 Å². The van der Waals surface area contributed by atoms with Crippen LogP contribution in [0.25, 0.3) is 10.9 Å². The maximum atomic E-state index is 13.2. The van der Waals surface area contributed by atoms with Gasteiger partial charge in [-0.05, 0) is 58.0 Å². The normalized spacial score (nSPS) is 17.0. The van der Waals surface area contributed by atoms with Crippen LogP contribution in [0.5, 0.6) is 5.75 Å². The zero-order valence-electron chi connectivity index (χ0n) is 18.0. The third-order valence-corrected chi connectivity index (χ3v) is 6.95. The molecule has 0 spiro atoms. The minimum atomic E-state index is -3.76. The summed E-state index contributed by atoms with van der Waals surface area (Å²) in [5, 5.41) is 0.722. The second kappa shape index (κ2) is 7.60. The Hall–Kier alpha value is -3.00. The molecule has 4 rings (SSSR count). The van der Waals surface area contributed by atoms with E-state index >= 15 is 0 Å². The lowest BCUT2D eigenvalue weighted by molar-refractivity contribution is 0.0168. The second-order valence-corrected chi connectivity index (χ2v) is 10.4. The molecule has 1 atom stereocenters. The van der Waals surface area contributed by atoms with Gasteiger partial charge in [0, 0.05) is 17.1 Å². The van der Waals surface area contributed by atoms with Gasteiger partial charge in [0.05, 0.1) is 23.0 Å². The van der Waals surface area contributed by atoms with Gasteiger partial charge in [-0.15, -0.1) is 0 Å². The van der Waals surface area contributed by atoms with Crippen LogP contribution in [0.3, 0.4) is 0 Å². The first-order valence-corrected chi connectivity index (χ1v) is 11.6. The molecule has 0 radical (unpaired) electrons. The van der Waals surface area contributed by atoms with Gasteiger partial charge in [0.15, 0.2) is 0 Å². The number of hydrogen-bond acceptors (Lipinski definition) is 5. The maximum absolute atomic E-state index is 13.2. The number of rotatable bonds is 2. The summed E-state index contributed by atoms with van der Waals surface area (Å²) in [5.74, 6) is 0.640. The Morgan fingerprint density at radius 1 is 1.10 bits per heavy atom. The molecule has 7 nitrogen and oxygen atoms in total. The predicted molar refractivity (Wildman–Crippen MR) is 118 cm³/mol. The molecule has 0 fully saturated rings. The predicted octanol–water partition coefficient (Wildman–Crippen LogP) is 4.57. The van der Waals surface area contributed by atoms with E-state index in [1.54, 1.807) is 59.6 Å². The van der Waals surface area contributed by atoms with E-state index in [4.69, 9.17) is 9.47 Å². The van der Waals surface area contributed by atoms with E-state index in [1.807, 2.05) is 27.7 Å². The molecule has 0 N–H and O–H groups in total. The van der Waals surface area contributed by atoms with E-state index in [9.17, 15) is 13.2 Å². The summed E-state index contributed by atoms with van der Waals surface area (Å²) in [6.45, 7) is 8.07. The molecule has 8 heteroatoms. The van der Waals surface area contributed by atoms with E-state index in [0.29, 0.717) is 24.4 Å². The highest BCUT2D eigenvalue weighted by Crippen LogP contribution is 2.39. The van der Waals surface area contributed by atoms with Crippen LogP contribution in [-0.4, -0.2) is 42.1 Å². The summed E-state index contributed by atoms with van der Waals surface area (Å²) in [5.41, 5.74) is 0.679. The first kappa shape index (κ1) is 21.2. The van der Waals surface area contributed by atoms with E-state index in [-0.39, 0.29) is 10.9 Å². The molecule has 164 valence electrons.